The minimum absolute atomic E-state index is 0.230. The number of aliphatic hydroxyl groups is 1. The number of hydrogen-bond acceptors (Lipinski definition) is 5. The Hall–Kier alpha value is -3.63. The molecule has 0 fully saturated rings. The summed E-state index contributed by atoms with van der Waals surface area (Å²) in [7, 11) is 0. The normalized spacial score (nSPS) is 17.3. The van der Waals surface area contributed by atoms with Crippen molar-refractivity contribution in [3.05, 3.63) is 101 Å². The lowest BCUT2D eigenvalue weighted by Crippen LogP contribution is -2.46. The van der Waals surface area contributed by atoms with Gasteiger partial charge in [0.15, 0.2) is 0 Å². The van der Waals surface area contributed by atoms with E-state index in [0.717, 1.165) is 0 Å². The molecule has 0 radical (unpaired) electrons. The van der Waals surface area contributed by atoms with Crippen molar-refractivity contribution < 1.29 is 13.9 Å². The number of amidine groups is 1. The number of aliphatic hydroxyl groups excluding tert-OH is 1. The molecule has 144 valence electrons. The highest BCUT2D eigenvalue weighted by molar-refractivity contribution is 6.01. The van der Waals surface area contributed by atoms with Gasteiger partial charge in [0.05, 0.1) is 12.6 Å². The molecule has 2 aromatic carbocycles. The van der Waals surface area contributed by atoms with Crippen molar-refractivity contribution in [1.82, 2.24) is 10.3 Å². The van der Waals surface area contributed by atoms with Crippen LogP contribution >= 0.6 is 0 Å². The summed E-state index contributed by atoms with van der Waals surface area (Å²) >= 11 is 0. The summed E-state index contributed by atoms with van der Waals surface area (Å²) < 4.78 is 27.1. The molecule has 1 aliphatic rings. The van der Waals surface area contributed by atoms with Gasteiger partial charge in [-0.1, -0.05) is 24.3 Å². The van der Waals surface area contributed by atoms with Gasteiger partial charge in [-0.3, -0.25) is 0 Å². The lowest BCUT2D eigenvalue weighted by atomic mass is 9.78. The second-order valence-electron chi connectivity index (χ2n) is 6.66. The molecule has 0 bridgehead atoms. The molecule has 2 N–H and O–H groups in total. The van der Waals surface area contributed by atoms with Crippen LogP contribution in [0.1, 0.15) is 22.4 Å². The van der Waals surface area contributed by atoms with E-state index in [1.165, 1.54) is 30.5 Å². The molecule has 0 saturated heterocycles. The molecule has 5 nitrogen and oxygen atoms in total. The fraction of sp³-hybridized carbons (Fsp3) is 0.136. The van der Waals surface area contributed by atoms with E-state index >= 15 is 0 Å². The Labute approximate surface area is 166 Å². The number of rotatable bonds is 4. The van der Waals surface area contributed by atoms with E-state index < -0.39 is 23.2 Å². The predicted octanol–water partition coefficient (Wildman–Crippen LogP) is 2.89. The van der Waals surface area contributed by atoms with E-state index in [2.05, 4.69) is 10.3 Å². The molecule has 1 aliphatic heterocycles. The van der Waals surface area contributed by atoms with Gasteiger partial charge in [0, 0.05) is 11.8 Å². The van der Waals surface area contributed by atoms with Crippen molar-refractivity contribution in [1.29, 1.82) is 5.26 Å². The van der Waals surface area contributed by atoms with Gasteiger partial charge >= 0.3 is 0 Å². The van der Waals surface area contributed by atoms with Crippen molar-refractivity contribution in [2.45, 2.75) is 11.6 Å². The monoisotopic (exact) mass is 390 g/mol. The molecule has 4 rings (SSSR count). The van der Waals surface area contributed by atoms with Gasteiger partial charge < -0.3 is 10.4 Å². The predicted molar refractivity (Wildman–Crippen MR) is 103 cm³/mol. The van der Waals surface area contributed by atoms with Gasteiger partial charge in [-0.15, -0.1) is 0 Å². The highest BCUT2D eigenvalue weighted by Crippen LogP contribution is 2.41. The van der Waals surface area contributed by atoms with Crippen molar-refractivity contribution in [2.24, 2.45) is 4.99 Å². The lowest BCUT2D eigenvalue weighted by molar-refractivity contribution is 0.221. The Morgan fingerprint density at radius 3 is 2.10 bits per heavy atom. The van der Waals surface area contributed by atoms with Gasteiger partial charge in [-0.25, -0.2) is 18.8 Å². The Bertz CT molecular complexity index is 1060. The van der Waals surface area contributed by atoms with Gasteiger partial charge in [-0.2, -0.15) is 5.26 Å². The third kappa shape index (κ3) is 3.24. The first-order valence-corrected chi connectivity index (χ1v) is 8.92. The third-order valence-corrected chi connectivity index (χ3v) is 5.00. The SMILES string of the molecule is N#Cc1cc(C2=NC(c3ccc(F)cc3)(c3ccc(F)cc3)[C@H](CO)N2)ccn1. The molecular formula is C22H16F2N4O. The third-order valence-electron chi connectivity index (χ3n) is 5.00. The lowest BCUT2D eigenvalue weighted by Gasteiger charge is -2.33. The van der Waals surface area contributed by atoms with Crippen LogP contribution in [0, 0.1) is 23.0 Å². The number of aromatic nitrogens is 1. The maximum absolute atomic E-state index is 13.6. The molecule has 29 heavy (non-hydrogen) atoms. The summed E-state index contributed by atoms with van der Waals surface area (Å²) in [5.74, 6) is -0.338. The zero-order valence-corrected chi connectivity index (χ0v) is 15.2. The van der Waals surface area contributed by atoms with Crippen LogP contribution in [0.5, 0.6) is 0 Å². The van der Waals surface area contributed by atoms with E-state index in [1.54, 1.807) is 36.4 Å². The molecule has 2 heterocycles. The average Bonchev–Trinajstić information content (AvgIpc) is 3.15. The number of hydrogen-bond donors (Lipinski definition) is 2. The van der Waals surface area contributed by atoms with Crippen LogP contribution in [0.15, 0.2) is 71.9 Å². The number of halogens is 2. The molecule has 3 aromatic rings. The van der Waals surface area contributed by atoms with Crippen LogP contribution in [0.25, 0.3) is 0 Å². The van der Waals surface area contributed by atoms with Crippen LogP contribution in [-0.4, -0.2) is 28.6 Å². The highest BCUT2D eigenvalue weighted by atomic mass is 19.1. The standard InChI is InChI=1S/C22H16F2N4O/c23-17-5-1-15(2-6-17)22(16-3-7-18(24)8-4-16)20(13-29)27-21(28-22)14-9-10-26-19(11-14)12-25/h1-11,20,29H,13H2,(H,27,28)/t20-/m0/s1. The van der Waals surface area contributed by atoms with Crippen LogP contribution in [0.4, 0.5) is 8.78 Å². The van der Waals surface area contributed by atoms with E-state index in [1.807, 2.05) is 6.07 Å². The molecule has 1 aromatic heterocycles. The van der Waals surface area contributed by atoms with Crippen LogP contribution < -0.4 is 5.32 Å². The Kier molecular flexibility index (Phi) is 4.79. The van der Waals surface area contributed by atoms with E-state index in [0.29, 0.717) is 22.5 Å². The Morgan fingerprint density at radius 1 is 1.00 bits per heavy atom. The summed E-state index contributed by atoms with van der Waals surface area (Å²) in [4.78, 5) is 8.84. The number of nitrogens with one attached hydrogen (secondary N) is 1. The second-order valence-corrected chi connectivity index (χ2v) is 6.66. The number of pyridine rings is 1. The van der Waals surface area contributed by atoms with Gasteiger partial charge in [-0.05, 0) is 47.5 Å². The Balaban J connectivity index is 1.94. The van der Waals surface area contributed by atoms with E-state index in [9.17, 15) is 13.9 Å². The van der Waals surface area contributed by atoms with Gasteiger partial charge in [0.25, 0.3) is 0 Å². The summed E-state index contributed by atoms with van der Waals surface area (Å²) in [6.45, 7) is -0.280. The summed E-state index contributed by atoms with van der Waals surface area (Å²) in [5, 5.41) is 22.5. The minimum atomic E-state index is -1.11. The van der Waals surface area contributed by atoms with E-state index in [-0.39, 0.29) is 12.3 Å². The minimum Gasteiger partial charge on any atom is -0.394 e. The molecule has 1 atom stereocenters. The van der Waals surface area contributed by atoms with Crippen molar-refractivity contribution in [3.63, 3.8) is 0 Å². The number of aliphatic imine (C=N–C) groups is 1. The first-order chi connectivity index (χ1) is 14.1. The fourth-order valence-electron chi connectivity index (χ4n) is 3.63. The summed E-state index contributed by atoms with van der Waals surface area (Å²) in [5.41, 5.74) is 1.03. The smallest absolute Gasteiger partial charge is 0.141 e. The van der Waals surface area contributed by atoms with Crippen LogP contribution in [-0.2, 0) is 5.54 Å². The first-order valence-electron chi connectivity index (χ1n) is 8.92. The highest BCUT2D eigenvalue weighted by Gasteiger charge is 2.47. The second kappa shape index (κ2) is 7.41. The molecule has 0 spiro atoms. The fourth-order valence-corrected chi connectivity index (χ4v) is 3.63. The average molecular weight is 390 g/mol. The molecule has 0 amide bonds. The number of benzene rings is 2. The van der Waals surface area contributed by atoms with Gasteiger partial charge in [0.1, 0.15) is 34.8 Å². The largest absolute Gasteiger partial charge is 0.394 e. The number of nitrogens with zero attached hydrogens (tertiary/aromatic N) is 3. The molecule has 0 unspecified atom stereocenters. The molecule has 0 aliphatic carbocycles. The zero-order chi connectivity index (χ0) is 20.4. The topological polar surface area (TPSA) is 81.3 Å². The maximum atomic E-state index is 13.6. The molecular weight excluding hydrogens is 374 g/mol. The van der Waals surface area contributed by atoms with Gasteiger partial charge in [0.2, 0.25) is 0 Å². The summed E-state index contributed by atoms with van der Waals surface area (Å²) in [6, 6.07) is 16.4. The molecule has 7 heteroatoms. The van der Waals surface area contributed by atoms with Crippen molar-refractivity contribution >= 4 is 5.84 Å². The number of nitriles is 1. The maximum Gasteiger partial charge on any atom is 0.141 e. The van der Waals surface area contributed by atoms with Crippen molar-refractivity contribution in [2.75, 3.05) is 6.61 Å². The van der Waals surface area contributed by atoms with Crippen LogP contribution in [0.2, 0.25) is 0 Å². The Morgan fingerprint density at radius 2 is 1.59 bits per heavy atom. The van der Waals surface area contributed by atoms with Crippen molar-refractivity contribution in [3.8, 4) is 6.07 Å². The first kappa shape index (κ1) is 18.7. The summed E-state index contributed by atoms with van der Waals surface area (Å²) in [6.07, 6.45) is 1.50. The molecule has 0 saturated carbocycles. The quantitative estimate of drug-likeness (QED) is 0.718. The van der Waals surface area contributed by atoms with E-state index in [4.69, 9.17) is 10.3 Å². The zero-order valence-electron chi connectivity index (χ0n) is 15.2. The van der Waals surface area contributed by atoms with Crippen LogP contribution in [0.3, 0.4) is 0 Å².